The van der Waals surface area contributed by atoms with E-state index in [9.17, 15) is 0 Å². The first-order valence-electron chi connectivity index (χ1n) is 9.86. The molecule has 1 aliphatic heterocycles. The summed E-state index contributed by atoms with van der Waals surface area (Å²) in [5, 5.41) is 0. The molecule has 6 nitrogen and oxygen atoms in total. The van der Waals surface area contributed by atoms with Gasteiger partial charge in [0.15, 0.2) is 0 Å². The molecule has 0 atom stereocenters. The monoisotopic (exact) mass is 406 g/mol. The molecule has 0 radical (unpaired) electrons. The van der Waals surface area contributed by atoms with Gasteiger partial charge < -0.3 is 14.0 Å². The van der Waals surface area contributed by atoms with Crippen LogP contribution in [0.1, 0.15) is 29.2 Å². The Morgan fingerprint density at radius 1 is 1.14 bits per heavy atom. The molecule has 0 saturated carbocycles. The summed E-state index contributed by atoms with van der Waals surface area (Å²) in [6.07, 6.45) is 4.55. The second kappa shape index (κ2) is 7.93. The predicted molar refractivity (Wildman–Crippen MR) is 113 cm³/mol. The molecule has 5 rings (SSSR count). The fraction of sp³-hybridized carbons (Fsp3) is 0.318. The number of rotatable bonds is 5. The summed E-state index contributed by atoms with van der Waals surface area (Å²) in [6, 6.07) is 14.3. The number of fused-ring (bicyclic) bond motifs is 1. The first kappa shape index (κ1) is 18.3. The summed E-state index contributed by atoms with van der Waals surface area (Å²) in [4.78, 5) is 10.8. The minimum absolute atomic E-state index is 0.111. The average Bonchev–Trinajstić information content (AvgIpc) is 3.36. The number of benzene rings is 1. The topological polar surface area (TPSA) is 62.1 Å². The van der Waals surface area contributed by atoms with E-state index < -0.39 is 0 Å². The van der Waals surface area contributed by atoms with Crippen molar-refractivity contribution in [1.82, 2.24) is 18.9 Å². The van der Waals surface area contributed by atoms with Crippen molar-refractivity contribution in [1.29, 1.82) is 0 Å². The van der Waals surface area contributed by atoms with Crippen LogP contribution in [0.5, 0.6) is 5.88 Å². The first-order chi connectivity index (χ1) is 14.3. The van der Waals surface area contributed by atoms with E-state index >= 15 is 0 Å². The molecule has 4 heterocycles. The van der Waals surface area contributed by atoms with Gasteiger partial charge in [0.1, 0.15) is 17.4 Å². The van der Waals surface area contributed by atoms with Gasteiger partial charge in [0.2, 0.25) is 5.88 Å². The highest BCUT2D eigenvalue weighted by Gasteiger charge is 2.21. The molecule has 0 N–H and O–H groups in total. The van der Waals surface area contributed by atoms with Crippen molar-refractivity contribution < 1.29 is 9.47 Å². The van der Waals surface area contributed by atoms with E-state index in [0.717, 1.165) is 59.2 Å². The van der Waals surface area contributed by atoms with E-state index in [2.05, 4.69) is 27.1 Å². The van der Waals surface area contributed by atoms with Crippen LogP contribution >= 0.6 is 11.5 Å². The van der Waals surface area contributed by atoms with Crippen molar-refractivity contribution in [2.24, 2.45) is 0 Å². The highest BCUT2D eigenvalue weighted by molar-refractivity contribution is 7.05. The highest BCUT2D eigenvalue weighted by Crippen LogP contribution is 2.29. The Labute approximate surface area is 173 Å². The Balaban J connectivity index is 1.58. The van der Waals surface area contributed by atoms with Crippen molar-refractivity contribution >= 4 is 22.6 Å². The van der Waals surface area contributed by atoms with E-state index in [4.69, 9.17) is 19.4 Å². The number of nitrogens with zero attached hydrogens (tertiary/aromatic N) is 4. The zero-order valence-electron chi connectivity index (χ0n) is 16.2. The van der Waals surface area contributed by atoms with Crippen LogP contribution in [-0.4, -0.2) is 38.2 Å². The number of aryl methyl sites for hydroxylation is 1. The molecule has 0 aliphatic carbocycles. The molecule has 0 amide bonds. The van der Waals surface area contributed by atoms with Crippen molar-refractivity contribution in [2.45, 2.75) is 32.3 Å². The second-order valence-electron chi connectivity index (χ2n) is 7.24. The SMILES string of the molecule is Cc1cc(Cc2nc(OC3CCOCC3)c3c(ccn3-c3ccccc3)n2)sn1. The van der Waals surface area contributed by atoms with E-state index in [1.807, 2.05) is 37.4 Å². The minimum Gasteiger partial charge on any atom is -0.473 e. The highest BCUT2D eigenvalue weighted by atomic mass is 32.1. The van der Waals surface area contributed by atoms with Gasteiger partial charge in [0, 0.05) is 36.0 Å². The van der Waals surface area contributed by atoms with E-state index in [1.54, 1.807) is 0 Å². The Morgan fingerprint density at radius 3 is 2.72 bits per heavy atom. The Bertz CT molecular complexity index is 1120. The third-order valence-electron chi connectivity index (χ3n) is 5.04. The van der Waals surface area contributed by atoms with Crippen LogP contribution in [0.15, 0.2) is 48.7 Å². The molecule has 1 aliphatic rings. The van der Waals surface area contributed by atoms with E-state index in [-0.39, 0.29) is 6.10 Å². The van der Waals surface area contributed by atoms with Gasteiger partial charge in [0.25, 0.3) is 0 Å². The molecular weight excluding hydrogens is 384 g/mol. The maximum atomic E-state index is 6.41. The third-order valence-corrected chi connectivity index (χ3v) is 5.91. The summed E-state index contributed by atoms with van der Waals surface area (Å²) in [5.41, 5.74) is 3.89. The van der Waals surface area contributed by atoms with Crippen molar-refractivity contribution in [2.75, 3.05) is 13.2 Å². The van der Waals surface area contributed by atoms with E-state index in [0.29, 0.717) is 12.3 Å². The molecule has 7 heteroatoms. The molecule has 0 unspecified atom stereocenters. The fourth-order valence-corrected chi connectivity index (χ4v) is 4.36. The number of hydrogen-bond donors (Lipinski definition) is 0. The van der Waals surface area contributed by atoms with Crippen molar-refractivity contribution in [3.05, 3.63) is 65.1 Å². The Hall–Kier alpha value is -2.77. The summed E-state index contributed by atoms with van der Waals surface area (Å²) in [5.74, 6) is 1.40. The summed E-state index contributed by atoms with van der Waals surface area (Å²) in [7, 11) is 0. The van der Waals surface area contributed by atoms with Crippen molar-refractivity contribution in [3.8, 4) is 11.6 Å². The standard InChI is InChI=1S/C22H22N4O2S/c1-15-13-18(29-25-15)14-20-23-19-7-10-26(16-5-3-2-4-6-16)21(19)22(24-20)28-17-8-11-27-12-9-17/h2-7,10,13,17H,8-9,11-12,14H2,1H3. The van der Waals surface area contributed by atoms with Crippen LogP contribution in [-0.2, 0) is 11.2 Å². The quantitative estimate of drug-likeness (QED) is 0.494. The minimum atomic E-state index is 0.111. The smallest absolute Gasteiger partial charge is 0.242 e. The molecule has 1 saturated heterocycles. The lowest BCUT2D eigenvalue weighted by Crippen LogP contribution is -2.26. The molecule has 1 fully saturated rings. The Kier molecular flexibility index (Phi) is 4.99. The lowest BCUT2D eigenvalue weighted by atomic mass is 10.1. The number of aromatic nitrogens is 4. The van der Waals surface area contributed by atoms with Gasteiger partial charge in [-0.2, -0.15) is 9.36 Å². The molecular formula is C22H22N4O2S. The average molecular weight is 407 g/mol. The van der Waals surface area contributed by atoms with Crippen LogP contribution in [0.25, 0.3) is 16.7 Å². The molecule has 0 bridgehead atoms. The zero-order chi connectivity index (χ0) is 19.6. The third kappa shape index (κ3) is 3.88. The molecule has 4 aromatic rings. The zero-order valence-corrected chi connectivity index (χ0v) is 17.1. The van der Waals surface area contributed by atoms with Crippen LogP contribution in [0.4, 0.5) is 0 Å². The largest absolute Gasteiger partial charge is 0.473 e. The molecule has 29 heavy (non-hydrogen) atoms. The van der Waals surface area contributed by atoms with Crippen LogP contribution in [0.2, 0.25) is 0 Å². The van der Waals surface area contributed by atoms with Crippen molar-refractivity contribution in [3.63, 3.8) is 0 Å². The lowest BCUT2D eigenvalue weighted by Gasteiger charge is -2.23. The maximum Gasteiger partial charge on any atom is 0.242 e. The number of para-hydroxylation sites is 1. The summed E-state index contributed by atoms with van der Waals surface area (Å²) < 4.78 is 18.4. The van der Waals surface area contributed by atoms with Gasteiger partial charge in [-0.15, -0.1) is 0 Å². The fourth-order valence-electron chi connectivity index (χ4n) is 3.63. The normalized spacial score (nSPS) is 15.1. The van der Waals surface area contributed by atoms with Crippen LogP contribution in [0, 0.1) is 6.92 Å². The Morgan fingerprint density at radius 2 is 1.97 bits per heavy atom. The molecule has 148 valence electrons. The van der Waals surface area contributed by atoms with Gasteiger partial charge in [-0.05, 0) is 42.7 Å². The first-order valence-corrected chi connectivity index (χ1v) is 10.6. The lowest BCUT2D eigenvalue weighted by molar-refractivity contribution is 0.0242. The number of ether oxygens (including phenoxy) is 2. The second-order valence-corrected chi connectivity index (χ2v) is 8.13. The van der Waals surface area contributed by atoms with Gasteiger partial charge >= 0.3 is 0 Å². The molecule has 3 aromatic heterocycles. The van der Waals surface area contributed by atoms with E-state index in [1.165, 1.54) is 11.5 Å². The number of hydrogen-bond acceptors (Lipinski definition) is 6. The van der Waals surface area contributed by atoms with Gasteiger partial charge in [-0.1, -0.05) is 18.2 Å². The van der Waals surface area contributed by atoms with Crippen LogP contribution < -0.4 is 4.74 Å². The molecule has 0 spiro atoms. The van der Waals surface area contributed by atoms with Gasteiger partial charge in [-0.3, -0.25) is 0 Å². The maximum absolute atomic E-state index is 6.41. The summed E-state index contributed by atoms with van der Waals surface area (Å²) >= 11 is 1.50. The molecule has 1 aromatic carbocycles. The van der Waals surface area contributed by atoms with Gasteiger partial charge in [0.05, 0.1) is 24.4 Å². The van der Waals surface area contributed by atoms with Crippen LogP contribution in [0.3, 0.4) is 0 Å². The van der Waals surface area contributed by atoms with Gasteiger partial charge in [-0.25, -0.2) is 4.98 Å². The summed E-state index contributed by atoms with van der Waals surface area (Å²) in [6.45, 7) is 3.46. The predicted octanol–water partition coefficient (Wildman–Crippen LogP) is 4.33.